The van der Waals surface area contributed by atoms with Gasteiger partial charge in [-0.2, -0.15) is 18.2 Å². The highest BCUT2D eigenvalue weighted by Crippen LogP contribution is 2.32. The van der Waals surface area contributed by atoms with Gasteiger partial charge in [-0.1, -0.05) is 30.3 Å². The molecule has 0 unspecified atom stereocenters. The molecule has 1 aliphatic heterocycles. The SMILES string of the molecule is C[C@@H]1CCCCN1c1cc(C(F)(F)F)nc(NC(=S)NCCCc2ccccc2)n1. The van der Waals surface area contributed by atoms with Crippen LogP contribution in [0.3, 0.4) is 0 Å². The summed E-state index contributed by atoms with van der Waals surface area (Å²) in [6.07, 6.45) is 0.0868. The molecule has 0 bridgehead atoms. The molecule has 162 valence electrons. The van der Waals surface area contributed by atoms with Crippen LogP contribution in [0.25, 0.3) is 0 Å². The Morgan fingerprint density at radius 2 is 1.97 bits per heavy atom. The number of alkyl halides is 3. The number of anilines is 2. The zero-order valence-electron chi connectivity index (χ0n) is 16.9. The summed E-state index contributed by atoms with van der Waals surface area (Å²) in [5, 5.41) is 5.94. The van der Waals surface area contributed by atoms with Crippen LogP contribution in [-0.4, -0.2) is 34.2 Å². The number of nitrogens with zero attached hydrogens (tertiary/aromatic N) is 3. The molecule has 0 aliphatic carbocycles. The fourth-order valence-electron chi connectivity index (χ4n) is 3.51. The van der Waals surface area contributed by atoms with Gasteiger partial charge in [0.2, 0.25) is 5.95 Å². The standard InChI is InChI=1S/C21H26F3N5S/c1-15-8-5-6-13-29(15)18-14-17(21(22,23)24)26-19(27-18)28-20(30)25-12-7-11-16-9-3-2-4-10-16/h2-4,9-10,14-15H,5-8,11-13H2,1H3,(H2,25,26,27,28,30)/t15-/m1/s1. The van der Waals surface area contributed by atoms with Crippen LogP contribution >= 0.6 is 12.2 Å². The summed E-state index contributed by atoms with van der Waals surface area (Å²) in [6.45, 7) is 3.27. The van der Waals surface area contributed by atoms with E-state index in [1.807, 2.05) is 30.0 Å². The highest BCUT2D eigenvalue weighted by Gasteiger charge is 2.35. The lowest BCUT2D eigenvalue weighted by atomic mass is 10.0. The average Bonchev–Trinajstić information content (AvgIpc) is 2.71. The van der Waals surface area contributed by atoms with Gasteiger partial charge in [0.05, 0.1) is 0 Å². The van der Waals surface area contributed by atoms with Crippen molar-refractivity contribution in [3.8, 4) is 0 Å². The molecule has 0 amide bonds. The van der Waals surface area contributed by atoms with E-state index in [-0.39, 0.29) is 22.9 Å². The quantitative estimate of drug-likeness (QED) is 0.501. The Labute approximate surface area is 180 Å². The van der Waals surface area contributed by atoms with Gasteiger partial charge in [-0.05, 0) is 56.8 Å². The molecule has 2 N–H and O–H groups in total. The molecule has 30 heavy (non-hydrogen) atoms. The first-order chi connectivity index (χ1) is 14.3. The maximum absolute atomic E-state index is 13.4. The Morgan fingerprint density at radius 3 is 2.67 bits per heavy atom. The first-order valence-electron chi connectivity index (χ1n) is 10.1. The zero-order valence-corrected chi connectivity index (χ0v) is 17.7. The number of hydrogen-bond donors (Lipinski definition) is 2. The van der Waals surface area contributed by atoms with Crippen molar-refractivity contribution in [3.63, 3.8) is 0 Å². The van der Waals surface area contributed by atoms with E-state index < -0.39 is 11.9 Å². The minimum Gasteiger partial charge on any atom is -0.362 e. The van der Waals surface area contributed by atoms with Crippen molar-refractivity contribution in [3.05, 3.63) is 47.7 Å². The van der Waals surface area contributed by atoms with Crippen LogP contribution in [-0.2, 0) is 12.6 Å². The van der Waals surface area contributed by atoms with Crippen LogP contribution in [0.1, 0.15) is 43.9 Å². The summed E-state index contributed by atoms with van der Waals surface area (Å²) in [7, 11) is 0. The highest BCUT2D eigenvalue weighted by molar-refractivity contribution is 7.80. The summed E-state index contributed by atoms with van der Waals surface area (Å²) in [5.41, 5.74) is 0.249. The van der Waals surface area contributed by atoms with Crippen molar-refractivity contribution in [2.45, 2.75) is 51.2 Å². The minimum absolute atomic E-state index is 0.130. The summed E-state index contributed by atoms with van der Waals surface area (Å²) in [4.78, 5) is 9.86. The Morgan fingerprint density at radius 1 is 1.20 bits per heavy atom. The van der Waals surface area contributed by atoms with E-state index in [0.717, 1.165) is 38.2 Å². The minimum atomic E-state index is -4.56. The second kappa shape index (κ2) is 10.1. The Bertz CT molecular complexity index is 844. The van der Waals surface area contributed by atoms with Gasteiger partial charge < -0.3 is 15.5 Å². The topological polar surface area (TPSA) is 53.1 Å². The summed E-state index contributed by atoms with van der Waals surface area (Å²) >= 11 is 5.23. The van der Waals surface area contributed by atoms with Crippen molar-refractivity contribution in [1.82, 2.24) is 15.3 Å². The fraction of sp³-hybridized carbons (Fsp3) is 0.476. The van der Waals surface area contributed by atoms with Gasteiger partial charge in [-0.15, -0.1) is 0 Å². The molecule has 1 aromatic heterocycles. The third-order valence-corrected chi connectivity index (χ3v) is 5.34. The van der Waals surface area contributed by atoms with E-state index in [9.17, 15) is 13.2 Å². The second-order valence-corrected chi connectivity index (χ2v) is 7.85. The van der Waals surface area contributed by atoms with Crippen molar-refractivity contribution < 1.29 is 13.2 Å². The van der Waals surface area contributed by atoms with Crippen LogP contribution in [0, 0.1) is 0 Å². The number of halogens is 3. The second-order valence-electron chi connectivity index (χ2n) is 7.44. The Kier molecular flexibility index (Phi) is 7.47. The maximum Gasteiger partial charge on any atom is 0.433 e. The van der Waals surface area contributed by atoms with Crippen molar-refractivity contribution in [2.24, 2.45) is 0 Å². The summed E-state index contributed by atoms with van der Waals surface area (Å²) in [6, 6.07) is 11.2. The van der Waals surface area contributed by atoms with Crippen LogP contribution in [0.4, 0.5) is 24.9 Å². The molecule has 9 heteroatoms. The summed E-state index contributed by atoms with van der Waals surface area (Å²) in [5.74, 6) is 0.136. The third-order valence-electron chi connectivity index (χ3n) is 5.10. The van der Waals surface area contributed by atoms with Gasteiger partial charge in [0.1, 0.15) is 5.82 Å². The fourth-order valence-corrected chi connectivity index (χ4v) is 3.70. The number of nitrogens with one attached hydrogen (secondary N) is 2. The lowest BCUT2D eigenvalue weighted by molar-refractivity contribution is -0.141. The molecular formula is C21H26F3N5S. The van der Waals surface area contributed by atoms with E-state index in [4.69, 9.17) is 12.2 Å². The van der Waals surface area contributed by atoms with Crippen LogP contribution in [0.15, 0.2) is 36.4 Å². The highest BCUT2D eigenvalue weighted by atomic mass is 32.1. The van der Waals surface area contributed by atoms with E-state index in [1.54, 1.807) is 0 Å². The molecule has 1 aromatic carbocycles. The smallest absolute Gasteiger partial charge is 0.362 e. The van der Waals surface area contributed by atoms with Gasteiger partial charge >= 0.3 is 6.18 Å². The first-order valence-corrected chi connectivity index (χ1v) is 10.6. The zero-order chi connectivity index (χ0) is 21.6. The van der Waals surface area contributed by atoms with Crippen LogP contribution in [0.5, 0.6) is 0 Å². The monoisotopic (exact) mass is 437 g/mol. The molecule has 1 atom stereocenters. The van der Waals surface area contributed by atoms with E-state index >= 15 is 0 Å². The number of piperidine rings is 1. The predicted octanol–water partition coefficient (Wildman–Crippen LogP) is 4.79. The average molecular weight is 438 g/mol. The number of hydrogen-bond acceptors (Lipinski definition) is 4. The number of aryl methyl sites for hydroxylation is 1. The maximum atomic E-state index is 13.4. The lowest BCUT2D eigenvalue weighted by Crippen LogP contribution is -2.38. The lowest BCUT2D eigenvalue weighted by Gasteiger charge is -2.34. The van der Waals surface area contributed by atoms with Gasteiger partial charge in [0.15, 0.2) is 10.8 Å². The molecular weight excluding hydrogens is 411 g/mol. The normalized spacial score (nSPS) is 16.9. The van der Waals surface area contributed by atoms with Crippen molar-refractivity contribution in [2.75, 3.05) is 23.3 Å². The third kappa shape index (κ3) is 6.29. The van der Waals surface area contributed by atoms with Gasteiger partial charge in [0, 0.05) is 25.2 Å². The number of rotatable bonds is 6. The van der Waals surface area contributed by atoms with E-state index in [2.05, 4.69) is 32.7 Å². The van der Waals surface area contributed by atoms with Gasteiger partial charge in [-0.25, -0.2) is 4.98 Å². The molecule has 5 nitrogen and oxygen atoms in total. The van der Waals surface area contributed by atoms with Gasteiger partial charge in [-0.3, -0.25) is 0 Å². The van der Waals surface area contributed by atoms with Crippen LogP contribution in [0.2, 0.25) is 0 Å². The number of thiocarbonyl (C=S) groups is 1. The largest absolute Gasteiger partial charge is 0.433 e. The first kappa shape index (κ1) is 22.3. The molecule has 3 rings (SSSR count). The molecule has 1 fully saturated rings. The molecule has 2 aromatic rings. The van der Waals surface area contributed by atoms with Crippen LogP contribution < -0.4 is 15.5 Å². The van der Waals surface area contributed by atoms with Gasteiger partial charge in [0.25, 0.3) is 0 Å². The van der Waals surface area contributed by atoms with E-state index in [0.29, 0.717) is 13.1 Å². The molecule has 0 spiro atoms. The molecule has 2 heterocycles. The molecule has 1 saturated heterocycles. The molecule has 0 saturated carbocycles. The molecule has 1 aliphatic rings. The van der Waals surface area contributed by atoms with Crippen molar-refractivity contribution >= 4 is 29.1 Å². The predicted molar refractivity (Wildman–Crippen MR) is 117 cm³/mol. The Balaban J connectivity index is 1.63. The summed E-state index contributed by atoms with van der Waals surface area (Å²) < 4.78 is 40.1. The number of aromatic nitrogens is 2. The van der Waals surface area contributed by atoms with Crippen molar-refractivity contribution in [1.29, 1.82) is 0 Å². The molecule has 0 radical (unpaired) electrons. The van der Waals surface area contributed by atoms with E-state index in [1.165, 1.54) is 5.56 Å². The Hall–Kier alpha value is -2.42. The number of benzene rings is 1.